The zero-order chi connectivity index (χ0) is 16.8. The summed E-state index contributed by atoms with van der Waals surface area (Å²) in [6.07, 6.45) is 0.542. The number of rotatable bonds is 6. The molecule has 0 rings (SSSR count). The van der Waals surface area contributed by atoms with Gasteiger partial charge in [0, 0.05) is 1.37 Å². The number of alkyl halides is 1. The maximum Gasteiger partial charge on any atom is 0.258 e. The van der Waals surface area contributed by atoms with Gasteiger partial charge in [0.05, 0.1) is 13.3 Å². The maximum absolute atomic E-state index is 13.5. The van der Waals surface area contributed by atoms with Crippen molar-refractivity contribution in [3.8, 4) is 0 Å². The number of aliphatic imine (C=N–C) groups is 1. The number of amides is 1. The smallest absolute Gasteiger partial charge is 0.258 e. The van der Waals surface area contributed by atoms with Gasteiger partial charge in [0.15, 0.2) is 5.96 Å². The van der Waals surface area contributed by atoms with Crippen LogP contribution in [0.2, 0.25) is 6.32 Å². The van der Waals surface area contributed by atoms with Gasteiger partial charge in [-0.1, -0.05) is 40.1 Å². The fourth-order valence-electron chi connectivity index (χ4n) is 2.00. The minimum Gasteiger partial charge on any atom is -0.370 e. The van der Waals surface area contributed by atoms with E-state index in [2.05, 4.69) is 4.99 Å². The first-order valence-corrected chi connectivity index (χ1v) is 6.53. The lowest BCUT2D eigenvalue weighted by molar-refractivity contribution is -0.124. The number of guanidine groups is 1. The Labute approximate surface area is 131 Å². The summed E-state index contributed by atoms with van der Waals surface area (Å²) in [5.74, 6) is -0.977. The number of carbonyl (C=O) groups is 1. The molecule has 0 aliphatic rings. The SMILES string of the molecule is C.[2H]CC(CC)(C(=O)N=C(N)N)C(C)=C(CF)C(C)(C)C[B]. The summed E-state index contributed by atoms with van der Waals surface area (Å²) in [6.45, 7) is 6.04. The van der Waals surface area contributed by atoms with Gasteiger partial charge in [-0.15, -0.1) is 0 Å². The standard InChI is InChI=1S/C14H25BFN3O.CH4/c1-6-14(5,11(20)19-12(17)18)9(2)10(7-16)13(3,4)8-15;/h6-8H2,1-5H3,(H4,17,18,19,20);1H4/i5D;. The Morgan fingerprint density at radius 2 is 1.95 bits per heavy atom. The molecule has 2 radical (unpaired) electrons. The third-order valence-corrected chi connectivity index (χ3v) is 3.87. The van der Waals surface area contributed by atoms with Crippen molar-refractivity contribution in [3.05, 3.63) is 11.1 Å². The molecule has 0 heterocycles. The van der Waals surface area contributed by atoms with E-state index in [4.69, 9.17) is 20.7 Å². The van der Waals surface area contributed by atoms with Gasteiger partial charge in [0.25, 0.3) is 5.91 Å². The Hall–Kier alpha value is -1.33. The number of carbonyl (C=O) groups excluding carboxylic acids is 1. The lowest BCUT2D eigenvalue weighted by Gasteiger charge is -2.34. The molecule has 0 spiro atoms. The van der Waals surface area contributed by atoms with E-state index < -0.39 is 23.4 Å². The molecule has 1 atom stereocenters. The lowest BCUT2D eigenvalue weighted by Crippen LogP contribution is -2.34. The molecule has 120 valence electrons. The average Bonchev–Trinajstić information content (AvgIpc) is 2.40. The van der Waals surface area contributed by atoms with Crippen LogP contribution >= 0.6 is 0 Å². The Morgan fingerprint density at radius 3 is 2.24 bits per heavy atom. The van der Waals surface area contributed by atoms with E-state index in [0.29, 0.717) is 17.6 Å². The third kappa shape index (κ3) is 4.86. The second-order valence-corrected chi connectivity index (χ2v) is 5.60. The fraction of sp³-hybridized carbons (Fsp3) is 0.733. The number of hydrogen-bond acceptors (Lipinski definition) is 1. The topological polar surface area (TPSA) is 81.5 Å². The monoisotopic (exact) mass is 298 g/mol. The molecular formula is C15H29BFN3O. The quantitative estimate of drug-likeness (QED) is 0.342. The summed E-state index contributed by atoms with van der Waals surface area (Å²) < 4.78 is 21.3. The van der Waals surface area contributed by atoms with E-state index in [1.165, 1.54) is 0 Å². The maximum atomic E-state index is 13.5. The van der Waals surface area contributed by atoms with Gasteiger partial charge in [-0.25, -0.2) is 4.39 Å². The van der Waals surface area contributed by atoms with Gasteiger partial charge < -0.3 is 11.5 Å². The first-order chi connectivity index (χ1) is 9.62. The molecule has 0 aromatic carbocycles. The largest absolute Gasteiger partial charge is 0.370 e. The highest BCUT2D eigenvalue weighted by Crippen LogP contribution is 2.41. The molecule has 4 nitrogen and oxygen atoms in total. The van der Waals surface area contributed by atoms with Crippen molar-refractivity contribution in [2.24, 2.45) is 27.3 Å². The number of allylic oxidation sites excluding steroid dienone is 1. The highest BCUT2D eigenvalue weighted by Gasteiger charge is 2.37. The van der Waals surface area contributed by atoms with Crippen molar-refractivity contribution >= 4 is 19.7 Å². The summed E-state index contributed by atoms with van der Waals surface area (Å²) in [6, 6.07) is 0. The van der Waals surface area contributed by atoms with Crippen LogP contribution in [-0.2, 0) is 4.79 Å². The number of hydrogen-bond donors (Lipinski definition) is 2. The number of halogens is 1. The molecular weight excluding hydrogens is 268 g/mol. The van der Waals surface area contributed by atoms with Crippen molar-refractivity contribution in [3.63, 3.8) is 0 Å². The molecule has 0 saturated heterocycles. The van der Waals surface area contributed by atoms with Gasteiger partial charge >= 0.3 is 0 Å². The minimum atomic E-state index is -1.22. The number of nitrogens with zero attached hydrogens (tertiary/aromatic N) is 1. The predicted octanol–water partition coefficient (Wildman–Crippen LogP) is 2.74. The predicted molar refractivity (Wildman–Crippen MR) is 89.0 cm³/mol. The molecule has 1 amide bonds. The second-order valence-electron chi connectivity index (χ2n) is 5.60. The van der Waals surface area contributed by atoms with Crippen LogP contribution in [0.1, 0.15) is 49.8 Å². The zero-order valence-corrected chi connectivity index (χ0v) is 12.8. The molecule has 4 N–H and O–H groups in total. The van der Waals surface area contributed by atoms with Crippen LogP contribution in [0, 0.1) is 10.8 Å². The normalized spacial score (nSPS) is 16.0. The first-order valence-electron chi connectivity index (χ1n) is 7.23. The van der Waals surface area contributed by atoms with E-state index in [1.54, 1.807) is 27.7 Å². The van der Waals surface area contributed by atoms with E-state index in [0.717, 1.165) is 0 Å². The summed E-state index contributed by atoms with van der Waals surface area (Å²) >= 11 is 0. The summed E-state index contributed by atoms with van der Waals surface area (Å²) in [7, 11) is 5.70. The molecule has 0 aromatic rings. The van der Waals surface area contributed by atoms with Gasteiger partial charge in [-0.2, -0.15) is 4.99 Å². The van der Waals surface area contributed by atoms with Crippen LogP contribution in [0.5, 0.6) is 0 Å². The lowest BCUT2D eigenvalue weighted by atomic mass is 9.67. The second kappa shape index (κ2) is 8.20. The molecule has 0 aliphatic carbocycles. The fourth-order valence-corrected chi connectivity index (χ4v) is 2.00. The first kappa shape index (κ1) is 19.7. The molecule has 6 heteroatoms. The Morgan fingerprint density at radius 1 is 1.43 bits per heavy atom. The number of nitrogens with two attached hydrogens (primary N) is 2. The van der Waals surface area contributed by atoms with Crippen molar-refractivity contribution in [2.75, 3.05) is 6.67 Å². The van der Waals surface area contributed by atoms with Crippen molar-refractivity contribution < 1.29 is 10.6 Å². The summed E-state index contributed by atoms with van der Waals surface area (Å²) in [4.78, 5) is 15.9. The average molecular weight is 298 g/mol. The van der Waals surface area contributed by atoms with Crippen molar-refractivity contribution in [2.45, 2.75) is 54.8 Å². The van der Waals surface area contributed by atoms with Gasteiger partial charge in [0.2, 0.25) is 0 Å². The van der Waals surface area contributed by atoms with E-state index in [-0.39, 0.29) is 26.6 Å². The molecule has 21 heavy (non-hydrogen) atoms. The molecule has 0 aromatic heterocycles. The molecule has 0 fully saturated rings. The third-order valence-electron chi connectivity index (χ3n) is 3.87. The Balaban J connectivity index is 0. The van der Waals surface area contributed by atoms with Crippen LogP contribution in [-0.4, -0.2) is 26.4 Å². The van der Waals surface area contributed by atoms with Crippen LogP contribution in [0.15, 0.2) is 16.1 Å². The Kier molecular flexibility index (Phi) is 7.68. The molecule has 0 bridgehead atoms. The van der Waals surface area contributed by atoms with Gasteiger partial charge in [0.1, 0.15) is 6.67 Å². The van der Waals surface area contributed by atoms with Crippen molar-refractivity contribution in [1.82, 2.24) is 0 Å². The van der Waals surface area contributed by atoms with Crippen LogP contribution in [0.4, 0.5) is 4.39 Å². The molecule has 0 saturated carbocycles. The minimum absolute atomic E-state index is 0. The highest BCUT2D eigenvalue weighted by molar-refractivity contribution is 6.09. The van der Waals surface area contributed by atoms with E-state index >= 15 is 0 Å². The van der Waals surface area contributed by atoms with E-state index in [1.807, 2.05) is 0 Å². The van der Waals surface area contributed by atoms with Crippen LogP contribution in [0.25, 0.3) is 0 Å². The van der Waals surface area contributed by atoms with E-state index in [9.17, 15) is 9.18 Å². The highest BCUT2D eigenvalue weighted by atomic mass is 19.1. The summed E-state index contributed by atoms with van der Waals surface area (Å²) in [5.41, 5.74) is 9.61. The Bertz CT molecular complexity index is 442. The zero-order valence-electron chi connectivity index (χ0n) is 13.8. The van der Waals surface area contributed by atoms with Crippen LogP contribution in [0.3, 0.4) is 0 Å². The summed E-state index contributed by atoms with van der Waals surface area (Å²) in [5, 5.41) is 0. The van der Waals surface area contributed by atoms with Crippen molar-refractivity contribution in [1.29, 1.82) is 0 Å². The van der Waals surface area contributed by atoms with Crippen LogP contribution < -0.4 is 11.5 Å². The van der Waals surface area contributed by atoms with Gasteiger partial charge in [-0.3, -0.25) is 4.79 Å². The molecule has 1 unspecified atom stereocenters. The molecule has 0 aliphatic heterocycles. The van der Waals surface area contributed by atoms with Gasteiger partial charge in [-0.05, 0) is 31.2 Å².